The molecule has 17 heavy (non-hydrogen) atoms. The summed E-state index contributed by atoms with van der Waals surface area (Å²) >= 11 is 0. The van der Waals surface area contributed by atoms with Crippen LogP contribution in [0.4, 0.5) is 4.79 Å². The lowest BCUT2D eigenvalue weighted by molar-refractivity contribution is -0.140. The third kappa shape index (κ3) is 4.09. The summed E-state index contributed by atoms with van der Waals surface area (Å²) in [7, 11) is 0. The molecule has 0 saturated heterocycles. The Labute approximate surface area is 101 Å². The van der Waals surface area contributed by atoms with Gasteiger partial charge in [-0.05, 0) is 18.8 Å². The van der Waals surface area contributed by atoms with Gasteiger partial charge in [-0.2, -0.15) is 0 Å². The zero-order valence-corrected chi connectivity index (χ0v) is 10.3. The number of carboxylic acid groups (broad SMARTS) is 1. The van der Waals surface area contributed by atoms with Crippen molar-refractivity contribution in [3.8, 4) is 0 Å². The minimum absolute atomic E-state index is 0.0834. The predicted molar refractivity (Wildman–Crippen MR) is 64.7 cm³/mol. The van der Waals surface area contributed by atoms with Gasteiger partial charge in [-0.3, -0.25) is 0 Å². The van der Waals surface area contributed by atoms with E-state index in [4.69, 9.17) is 5.11 Å². The molecule has 0 aromatic carbocycles. The molecule has 3 N–H and O–H groups in total. The van der Waals surface area contributed by atoms with Crippen LogP contribution in [0.15, 0.2) is 12.2 Å². The number of amides is 2. The Morgan fingerprint density at radius 3 is 2.47 bits per heavy atom. The van der Waals surface area contributed by atoms with Gasteiger partial charge >= 0.3 is 12.0 Å². The second kappa shape index (κ2) is 6.27. The first-order valence-electron chi connectivity index (χ1n) is 5.99. The molecule has 1 aliphatic rings. The van der Waals surface area contributed by atoms with Crippen molar-refractivity contribution >= 4 is 12.0 Å². The number of nitrogens with one attached hydrogen (secondary N) is 2. The van der Waals surface area contributed by atoms with E-state index in [-0.39, 0.29) is 12.0 Å². The summed E-state index contributed by atoms with van der Waals surface area (Å²) in [5.74, 6) is -1.07. The second-order valence-corrected chi connectivity index (χ2v) is 4.46. The summed E-state index contributed by atoms with van der Waals surface area (Å²) in [6, 6.07) is -1.12. The molecule has 2 amide bonds. The van der Waals surface area contributed by atoms with E-state index in [1.54, 1.807) is 0 Å². The summed E-state index contributed by atoms with van der Waals surface area (Å²) in [6.07, 6.45) is 6.35. The molecule has 96 valence electrons. The molecule has 1 rings (SSSR count). The van der Waals surface area contributed by atoms with Gasteiger partial charge in [0.1, 0.15) is 6.04 Å². The molecule has 0 radical (unpaired) electrons. The van der Waals surface area contributed by atoms with Gasteiger partial charge < -0.3 is 15.7 Å². The lowest BCUT2D eigenvalue weighted by atomic mass is 9.99. The highest BCUT2D eigenvalue weighted by Gasteiger charge is 2.26. The van der Waals surface area contributed by atoms with Crippen molar-refractivity contribution in [3.63, 3.8) is 0 Å². The fourth-order valence-corrected chi connectivity index (χ4v) is 1.79. The Balaban J connectivity index is 2.43. The number of aliphatic carboxylic acids is 1. The smallest absolute Gasteiger partial charge is 0.326 e. The van der Waals surface area contributed by atoms with Gasteiger partial charge in [0.2, 0.25) is 0 Å². The molecule has 0 aliphatic heterocycles. The molecular weight excluding hydrogens is 220 g/mol. The lowest BCUT2D eigenvalue weighted by Crippen LogP contribution is -2.51. The number of carbonyl (C=O) groups is 2. The van der Waals surface area contributed by atoms with Gasteiger partial charge in [0.15, 0.2) is 0 Å². The maximum atomic E-state index is 11.6. The van der Waals surface area contributed by atoms with Crippen LogP contribution in [-0.4, -0.2) is 29.2 Å². The number of carboxylic acids is 1. The summed E-state index contributed by atoms with van der Waals surface area (Å²) < 4.78 is 0. The Morgan fingerprint density at radius 2 is 2.00 bits per heavy atom. The summed E-state index contributed by atoms with van der Waals surface area (Å²) in [5, 5.41) is 14.3. The molecular formula is C12H20N2O3. The molecule has 0 spiro atoms. The topological polar surface area (TPSA) is 78.4 Å². The van der Waals surface area contributed by atoms with Gasteiger partial charge in [0.05, 0.1) is 0 Å². The fourth-order valence-electron chi connectivity index (χ4n) is 1.79. The molecule has 2 atom stereocenters. The van der Waals surface area contributed by atoms with Crippen LogP contribution in [0.5, 0.6) is 0 Å². The Bertz CT molecular complexity index is 307. The monoisotopic (exact) mass is 240 g/mol. The molecule has 0 saturated carbocycles. The van der Waals surface area contributed by atoms with Crippen molar-refractivity contribution in [3.05, 3.63) is 12.2 Å². The average molecular weight is 240 g/mol. The minimum atomic E-state index is -0.987. The highest BCUT2D eigenvalue weighted by Crippen LogP contribution is 2.10. The quantitative estimate of drug-likeness (QED) is 0.637. The van der Waals surface area contributed by atoms with Crippen LogP contribution in [0.3, 0.4) is 0 Å². The molecule has 0 aromatic heterocycles. The van der Waals surface area contributed by atoms with Gasteiger partial charge in [0.25, 0.3) is 0 Å². The van der Waals surface area contributed by atoms with Crippen LogP contribution < -0.4 is 10.6 Å². The fraction of sp³-hybridized carbons (Fsp3) is 0.667. The summed E-state index contributed by atoms with van der Waals surface area (Å²) in [4.78, 5) is 22.6. The molecule has 0 heterocycles. The molecule has 0 bridgehead atoms. The van der Waals surface area contributed by atoms with Gasteiger partial charge in [0, 0.05) is 6.04 Å². The van der Waals surface area contributed by atoms with Crippen LogP contribution in [0.2, 0.25) is 0 Å². The molecule has 0 fully saturated rings. The highest BCUT2D eigenvalue weighted by molar-refractivity contribution is 5.82. The zero-order chi connectivity index (χ0) is 12.8. The average Bonchev–Trinajstić information content (AvgIpc) is 2.77. The van der Waals surface area contributed by atoms with Crippen molar-refractivity contribution < 1.29 is 14.7 Å². The molecule has 0 aromatic rings. The molecule has 5 nitrogen and oxygen atoms in total. The van der Waals surface area contributed by atoms with E-state index in [2.05, 4.69) is 10.6 Å². The second-order valence-electron chi connectivity index (χ2n) is 4.46. The lowest BCUT2D eigenvalue weighted by Gasteiger charge is -2.21. The van der Waals surface area contributed by atoms with Crippen molar-refractivity contribution in [2.24, 2.45) is 5.92 Å². The number of rotatable bonds is 5. The van der Waals surface area contributed by atoms with Crippen LogP contribution in [0.1, 0.15) is 33.1 Å². The van der Waals surface area contributed by atoms with Crippen molar-refractivity contribution in [1.29, 1.82) is 0 Å². The number of hydrogen-bond donors (Lipinski definition) is 3. The maximum absolute atomic E-state index is 11.6. The Morgan fingerprint density at radius 1 is 1.41 bits per heavy atom. The standard InChI is InChI=1S/C12H20N2O3/c1-3-8(2)10(11(15)16)14-12(17)13-9-6-4-5-7-9/h4-5,8-10H,3,6-7H2,1-2H3,(H,15,16)(H2,13,14,17)/t8-,10-/m0/s1. The Hall–Kier alpha value is -1.52. The van der Waals surface area contributed by atoms with E-state index in [0.29, 0.717) is 6.42 Å². The first kappa shape index (κ1) is 13.5. The van der Waals surface area contributed by atoms with Gasteiger partial charge in [-0.15, -0.1) is 0 Å². The first-order valence-corrected chi connectivity index (χ1v) is 5.99. The highest BCUT2D eigenvalue weighted by atomic mass is 16.4. The van der Waals surface area contributed by atoms with E-state index >= 15 is 0 Å². The van der Waals surface area contributed by atoms with Gasteiger partial charge in [-0.25, -0.2) is 9.59 Å². The first-order chi connectivity index (χ1) is 8.04. The predicted octanol–water partition coefficient (Wildman–Crippen LogP) is 1.50. The van der Waals surface area contributed by atoms with Crippen LogP contribution in [0.25, 0.3) is 0 Å². The third-order valence-corrected chi connectivity index (χ3v) is 3.11. The van der Waals surface area contributed by atoms with E-state index in [1.807, 2.05) is 26.0 Å². The van der Waals surface area contributed by atoms with E-state index in [1.165, 1.54) is 0 Å². The largest absolute Gasteiger partial charge is 0.480 e. The van der Waals surface area contributed by atoms with E-state index < -0.39 is 18.0 Å². The number of hydrogen-bond acceptors (Lipinski definition) is 2. The van der Waals surface area contributed by atoms with Crippen molar-refractivity contribution in [2.75, 3.05) is 0 Å². The number of urea groups is 1. The van der Waals surface area contributed by atoms with Gasteiger partial charge in [-0.1, -0.05) is 32.4 Å². The van der Waals surface area contributed by atoms with Crippen molar-refractivity contribution in [2.45, 2.75) is 45.2 Å². The molecule has 1 aliphatic carbocycles. The van der Waals surface area contributed by atoms with Crippen LogP contribution in [-0.2, 0) is 4.79 Å². The van der Waals surface area contributed by atoms with Crippen LogP contribution in [0, 0.1) is 5.92 Å². The van der Waals surface area contributed by atoms with Crippen molar-refractivity contribution in [1.82, 2.24) is 10.6 Å². The molecule has 0 unspecified atom stereocenters. The normalized spacial score (nSPS) is 18.7. The Kier molecular flexibility index (Phi) is 5.00. The number of carbonyl (C=O) groups excluding carboxylic acids is 1. The summed E-state index contributed by atoms with van der Waals surface area (Å²) in [6.45, 7) is 3.72. The van der Waals surface area contributed by atoms with E-state index in [0.717, 1.165) is 12.8 Å². The summed E-state index contributed by atoms with van der Waals surface area (Å²) in [5.41, 5.74) is 0. The maximum Gasteiger partial charge on any atom is 0.326 e. The zero-order valence-electron chi connectivity index (χ0n) is 10.3. The van der Waals surface area contributed by atoms with E-state index in [9.17, 15) is 9.59 Å². The minimum Gasteiger partial charge on any atom is -0.480 e. The van der Waals surface area contributed by atoms with Crippen LogP contribution >= 0.6 is 0 Å². The third-order valence-electron chi connectivity index (χ3n) is 3.11. The SMILES string of the molecule is CC[C@H](C)[C@H](NC(=O)NC1CC=CC1)C(=O)O. The molecule has 5 heteroatoms.